The standard InChI is InChI=1S/C9H16O4.Rf/c1-7(10)5-3-2-4-6-8(11)9(12)13;/h2,4,7-8,10-11H,3,5-6H2,1H3,(H,12,13);/b4-2+;. The van der Waals surface area contributed by atoms with Crippen LogP contribution < -0.4 is 0 Å². The van der Waals surface area contributed by atoms with Crippen LogP contribution in [0.15, 0.2) is 12.2 Å². The summed E-state index contributed by atoms with van der Waals surface area (Å²) in [6.45, 7) is 1.69. The van der Waals surface area contributed by atoms with Crippen LogP contribution in [0.1, 0.15) is 26.2 Å². The predicted octanol–water partition coefficient (Wildman–Crippen LogP) is 0.539. The predicted molar refractivity (Wildman–Crippen MR) is 48.3 cm³/mol. The van der Waals surface area contributed by atoms with Crippen molar-refractivity contribution in [2.75, 3.05) is 0 Å². The van der Waals surface area contributed by atoms with Crippen molar-refractivity contribution in [3.05, 3.63) is 12.2 Å². The number of rotatable bonds is 6. The second-order valence-electron chi connectivity index (χ2n) is 2.99. The van der Waals surface area contributed by atoms with E-state index < -0.39 is 12.1 Å². The van der Waals surface area contributed by atoms with Crippen molar-refractivity contribution < 1.29 is 20.1 Å². The summed E-state index contributed by atoms with van der Waals surface area (Å²) < 4.78 is 0. The molecular formula is C9H16O4Rf. The van der Waals surface area contributed by atoms with Gasteiger partial charge in [-0.1, -0.05) is 12.2 Å². The minimum absolute atomic E-state index is 0. The van der Waals surface area contributed by atoms with E-state index in [1.807, 2.05) is 0 Å². The molecule has 0 aromatic heterocycles. The van der Waals surface area contributed by atoms with Crippen molar-refractivity contribution >= 4 is 5.97 Å². The first-order valence-electron chi connectivity index (χ1n) is 4.28. The molecule has 5 heteroatoms. The first-order valence-corrected chi connectivity index (χ1v) is 4.28. The fourth-order valence-electron chi connectivity index (χ4n) is 0.781. The Labute approximate surface area is 77.5 Å². The molecule has 78 valence electrons. The summed E-state index contributed by atoms with van der Waals surface area (Å²) in [5, 5.41) is 26.0. The van der Waals surface area contributed by atoms with Crippen LogP contribution in [0.25, 0.3) is 0 Å². The van der Waals surface area contributed by atoms with Gasteiger partial charge >= 0.3 is 5.97 Å². The SMILES string of the molecule is CC(O)CC/C=C/CC(O)C(=O)O.[Rf]. The minimum Gasteiger partial charge on any atom is -0.479 e. The summed E-state index contributed by atoms with van der Waals surface area (Å²) in [6, 6.07) is 0. The van der Waals surface area contributed by atoms with Gasteiger partial charge in [-0.2, -0.15) is 0 Å². The van der Waals surface area contributed by atoms with Crippen molar-refractivity contribution in [2.45, 2.75) is 38.4 Å². The number of carbonyl (C=O) groups is 1. The van der Waals surface area contributed by atoms with Gasteiger partial charge in [-0.05, 0) is 19.8 Å². The van der Waals surface area contributed by atoms with Gasteiger partial charge in [-0.15, -0.1) is 0 Å². The summed E-state index contributed by atoms with van der Waals surface area (Å²) >= 11 is 0. The topological polar surface area (TPSA) is 77.8 Å². The summed E-state index contributed by atoms with van der Waals surface area (Å²) in [7, 11) is 0. The maximum absolute atomic E-state index is 10.1. The van der Waals surface area contributed by atoms with Gasteiger partial charge in [0.25, 0.3) is 0 Å². The first kappa shape index (κ1) is 14.6. The van der Waals surface area contributed by atoms with Crippen molar-refractivity contribution in [3.8, 4) is 0 Å². The Hall–Kier alpha value is -1.87. The van der Waals surface area contributed by atoms with E-state index in [0.717, 1.165) is 0 Å². The maximum atomic E-state index is 10.1. The summed E-state index contributed by atoms with van der Waals surface area (Å²) in [5.41, 5.74) is 0. The van der Waals surface area contributed by atoms with E-state index in [2.05, 4.69) is 0 Å². The molecule has 0 saturated carbocycles. The zero-order chi connectivity index (χ0) is 10.3. The van der Waals surface area contributed by atoms with E-state index in [0.29, 0.717) is 12.8 Å². The Morgan fingerprint density at radius 3 is 2.36 bits per heavy atom. The molecule has 0 aromatic rings. The summed E-state index contributed by atoms with van der Waals surface area (Å²) in [4.78, 5) is 10.1. The number of allylic oxidation sites excluding steroid dienone is 1. The van der Waals surface area contributed by atoms with Crippen molar-refractivity contribution in [2.24, 2.45) is 0 Å². The molecule has 14 heavy (non-hydrogen) atoms. The fraction of sp³-hybridized carbons (Fsp3) is 0.667. The molecule has 2 unspecified atom stereocenters. The number of hydrogen-bond donors (Lipinski definition) is 3. The molecule has 0 fully saturated rings. The van der Waals surface area contributed by atoms with E-state index in [1.54, 1.807) is 19.1 Å². The van der Waals surface area contributed by atoms with E-state index in [9.17, 15) is 4.79 Å². The monoisotopic (exact) mass is 455 g/mol. The Bertz CT molecular complexity index is 180. The van der Waals surface area contributed by atoms with Gasteiger partial charge < -0.3 is 15.3 Å². The van der Waals surface area contributed by atoms with Crippen LogP contribution >= 0.6 is 0 Å². The third kappa shape index (κ3) is 8.23. The van der Waals surface area contributed by atoms with Gasteiger partial charge in [0, 0.05) is 6.42 Å². The molecule has 0 radical (unpaired) electrons. The number of aliphatic hydroxyl groups excluding tert-OH is 2. The van der Waals surface area contributed by atoms with E-state index >= 15 is 0 Å². The first-order chi connectivity index (χ1) is 6.04. The molecule has 0 aromatic carbocycles. The molecular weight excluding hydrogens is 439 g/mol. The molecule has 0 aliphatic carbocycles. The number of carboxylic acids is 1. The minimum atomic E-state index is -1.32. The molecule has 3 N–H and O–H groups in total. The molecule has 0 saturated heterocycles. The Balaban J connectivity index is 0. The van der Waals surface area contributed by atoms with E-state index in [-0.39, 0.29) is 12.5 Å². The number of hydrogen-bond acceptors (Lipinski definition) is 3. The Kier molecular flexibility index (Phi) is 8.12. The van der Waals surface area contributed by atoms with Crippen molar-refractivity contribution in [1.29, 1.82) is 0 Å². The molecule has 0 spiro atoms. The number of carboxylic acid groups (broad SMARTS) is 1. The fourth-order valence-corrected chi connectivity index (χ4v) is 0.781. The van der Waals surface area contributed by atoms with E-state index in [4.69, 9.17) is 15.3 Å². The van der Waals surface area contributed by atoms with E-state index in [1.165, 1.54) is 0 Å². The average Bonchev–Trinajstić information content (AvgIpc) is 2.02. The van der Waals surface area contributed by atoms with Crippen LogP contribution in [0.5, 0.6) is 0 Å². The van der Waals surface area contributed by atoms with Crippen molar-refractivity contribution in [1.82, 2.24) is 0 Å². The third-order valence-corrected chi connectivity index (χ3v) is 1.56. The van der Waals surface area contributed by atoms with Gasteiger partial charge in [0.15, 0.2) is 6.10 Å². The normalized spacial score (nSPS) is 14.8. The summed E-state index contributed by atoms with van der Waals surface area (Å²) in [5.74, 6) is -1.21. The molecule has 0 bridgehead atoms. The third-order valence-electron chi connectivity index (χ3n) is 1.56. The second kappa shape index (κ2) is 7.76. The van der Waals surface area contributed by atoms with Crippen LogP contribution in [0.4, 0.5) is 0 Å². The molecule has 4 nitrogen and oxygen atoms in total. The molecule has 0 amide bonds. The van der Waals surface area contributed by atoms with Gasteiger partial charge in [-0.25, -0.2) is 4.79 Å². The number of aliphatic hydroxyl groups is 2. The van der Waals surface area contributed by atoms with Gasteiger partial charge in [0.1, 0.15) is 0 Å². The zero-order valence-electron chi connectivity index (χ0n) is 8.39. The largest absolute Gasteiger partial charge is 0.479 e. The van der Waals surface area contributed by atoms with Crippen LogP contribution in [-0.2, 0) is 4.79 Å². The molecule has 2 atom stereocenters. The van der Waals surface area contributed by atoms with Gasteiger partial charge in [0.05, 0.1) is 6.10 Å². The Morgan fingerprint density at radius 2 is 1.93 bits per heavy atom. The average molecular weight is 455 g/mol. The number of aliphatic carboxylic acids is 1. The van der Waals surface area contributed by atoms with Crippen LogP contribution in [0.3, 0.4) is 0 Å². The van der Waals surface area contributed by atoms with Gasteiger partial charge in [0.2, 0.25) is 0 Å². The molecule has 0 rings (SSSR count). The van der Waals surface area contributed by atoms with Crippen LogP contribution in [-0.4, -0.2) is 33.5 Å². The molecule has 0 heterocycles. The van der Waals surface area contributed by atoms with Crippen LogP contribution in [0, 0.1) is 0 Å². The zero-order valence-corrected chi connectivity index (χ0v) is 14.8. The maximum Gasteiger partial charge on any atom is 0.332 e. The smallest absolute Gasteiger partial charge is 0.332 e. The Morgan fingerprint density at radius 1 is 1.36 bits per heavy atom. The van der Waals surface area contributed by atoms with Crippen LogP contribution in [0.2, 0.25) is 0 Å². The quantitative estimate of drug-likeness (QED) is 0.512. The second-order valence-corrected chi connectivity index (χ2v) is 2.99. The molecule has 0 aliphatic heterocycles. The van der Waals surface area contributed by atoms with Gasteiger partial charge in [-0.3, -0.25) is 0 Å². The molecule has 0 aliphatic rings. The summed E-state index contributed by atoms with van der Waals surface area (Å²) in [6.07, 6.45) is 3.19. The van der Waals surface area contributed by atoms with Crippen molar-refractivity contribution in [3.63, 3.8) is 0 Å².